The highest BCUT2D eigenvalue weighted by Crippen LogP contribution is 2.30. The molecular weight excluding hydrogens is 230 g/mol. The van der Waals surface area contributed by atoms with Crippen LogP contribution in [-0.4, -0.2) is 16.9 Å². The quantitative estimate of drug-likeness (QED) is 0.631. The second kappa shape index (κ2) is 5.21. The Morgan fingerprint density at radius 3 is 2.56 bits per heavy atom. The number of carboxylic acids is 1. The molecule has 1 fully saturated rings. The third-order valence-corrected chi connectivity index (χ3v) is 3.46. The van der Waals surface area contributed by atoms with E-state index in [0.29, 0.717) is 16.8 Å². The zero-order valence-electron chi connectivity index (χ0n) is 10.2. The highest BCUT2D eigenvalue weighted by atomic mass is 16.4. The van der Waals surface area contributed by atoms with Crippen LogP contribution in [0.25, 0.3) is 0 Å². The van der Waals surface area contributed by atoms with Crippen molar-refractivity contribution >= 4 is 17.4 Å². The van der Waals surface area contributed by atoms with Gasteiger partial charge < -0.3 is 10.8 Å². The van der Waals surface area contributed by atoms with Crippen molar-refractivity contribution in [2.24, 2.45) is 5.92 Å². The average molecular weight is 247 g/mol. The summed E-state index contributed by atoms with van der Waals surface area (Å²) in [4.78, 5) is 23.0. The Morgan fingerprint density at radius 1 is 1.28 bits per heavy atom. The van der Waals surface area contributed by atoms with Gasteiger partial charge in [-0.2, -0.15) is 0 Å². The lowest BCUT2D eigenvalue weighted by molar-refractivity contribution is -0.136. The fourth-order valence-electron chi connectivity index (χ4n) is 2.51. The van der Waals surface area contributed by atoms with Crippen molar-refractivity contribution in [2.75, 3.05) is 5.73 Å². The summed E-state index contributed by atoms with van der Waals surface area (Å²) >= 11 is 0. The minimum Gasteiger partial charge on any atom is -0.481 e. The molecule has 0 aromatic heterocycles. The predicted octanol–water partition coefficient (Wildman–Crippen LogP) is 2.27. The van der Waals surface area contributed by atoms with Crippen LogP contribution in [-0.2, 0) is 11.2 Å². The van der Waals surface area contributed by atoms with Crippen LogP contribution in [0.4, 0.5) is 5.69 Å². The summed E-state index contributed by atoms with van der Waals surface area (Å²) in [5, 5.41) is 8.76. The predicted molar refractivity (Wildman–Crippen MR) is 68.5 cm³/mol. The molecule has 0 bridgehead atoms. The van der Waals surface area contributed by atoms with E-state index in [2.05, 4.69) is 0 Å². The summed E-state index contributed by atoms with van der Waals surface area (Å²) in [6, 6.07) is 4.92. The fraction of sp³-hybridized carbons (Fsp3) is 0.429. The van der Waals surface area contributed by atoms with Crippen molar-refractivity contribution < 1.29 is 14.7 Å². The Bertz CT molecular complexity index is 476. The normalized spacial score (nSPS) is 15.8. The number of rotatable bonds is 4. The first-order valence-corrected chi connectivity index (χ1v) is 6.22. The van der Waals surface area contributed by atoms with E-state index in [9.17, 15) is 9.59 Å². The van der Waals surface area contributed by atoms with Gasteiger partial charge in [-0.05, 0) is 30.5 Å². The van der Waals surface area contributed by atoms with Gasteiger partial charge in [0.15, 0.2) is 5.78 Å². The summed E-state index contributed by atoms with van der Waals surface area (Å²) in [5.74, 6) is -0.774. The van der Waals surface area contributed by atoms with Gasteiger partial charge in [-0.25, -0.2) is 0 Å². The molecule has 1 aliphatic rings. The van der Waals surface area contributed by atoms with E-state index in [0.717, 1.165) is 25.7 Å². The maximum Gasteiger partial charge on any atom is 0.307 e. The van der Waals surface area contributed by atoms with E-state index in [1.807, 2.05) is 0 Å². The first-order chi connectivity index (χ1) is 8.58. The zero-order chi connectivity index (χ0) is 13.1. The van der Waals surface area contributed by atoms with E-state index in [4.69, 9.17) is 10.8 Å². The summed E-state index contributed by atoms with van der Waals surface area (Å²) in [6.07, 6.45) is 3.93. The van der Waals surface area contributed by atoms with Gasteiger partial charge in [0.2, 0.25) is 0 Å². The van der Waals surface area contributed by atoms with Crippen LogP contribution < -0.4 is 5.73 Å². The number of aliphatic carboxylic acids is 1. The number of nitrogen functional groups attached to an aromatic ring is 1. The van der Waals surface area contributed by atoms with Crippen LogP contribution >= 0.6 is 0 Å². The molecule has 0 radical (unpaired) electrons. The summed E-state index contributed by atoms with van der Waals surface area (Å²) in [7, 11) is 0. The number of hydrogen-bond acceptors (Lipinski definition) is 3. The van der Waals surface area contributed by atoms with Crippen molar-refractivity contribution in [3.63, 3.8) is 0 Å². The van der Waals surface area contributed by atoms with E-state index in [1.165, 1.54) is 0 Å². The number of nitrogens with two attached hydrogens (primary N) is 1. The molecular formula is C14H17NO3. The van der Waals surface area contributed by atoms with E-state index in [-0.39, 0.29) is 18.1 Å². The van der Waals surface area contributed by atoms with Crippen molar-refractivity contribution in [3.8, 4) is 0 Å². The van der Waals surface area contributed by atoms with Crippen molar-refractivity contribution in [1.82, 2.24) is 0 Å². The van der Waals surface area contributed by atoms with Gasteiger partial charge in [0.05, 0.1) is 6.42 Å². The van der Waals surface area contributed by atoms with Gasteiger partial charge in [-0.3, -0.25) is 9.59 Å². The van der Waals surface area contributed by atoms with Gasteiger partial charge in [0, 0.05) is 17.2 Å². The van der Waals surface area contributed by atoms with Crippen LogP contribution in [0, 0.1) is 5.92 Å². The number of ketones is 1. The van der Waals surface area contributed by atoms with Gasteiger partial charge in [0.25, 0.3) is 0 Å². The highest BCUT2D eigenvalue weighted by Gasteiger charge is 2.25. The van der Waals surface area contributed by atoms with Gasteiger partial charge in [0.1, 0.15) is 0 Å². The number of carbonyl (C=O) groups excluding carboxylic acids is 1. The van der Waals surface area contributed by atoms with Gasteiger partial charge in [-0.1, -0.05) is 18.9 Å². The molecule has 1 aromatic carbocycles. The van der Waals surface area contributed by atoms with E-state index in [1.54, 1.807) is 18.2 Å². The molecule has 4 nitrogen and oxygen atoms in total. The molecule has 18 heavy (non-hydrogen) atoms. The molecule has 0 heterocycles. The fourth-order valence-corrected chi connectivity index (χ4v) is 2.51. The van der Waals surface area contributed by atoms with Gasteiger partial charge in [-0.15, -0.1) is 0 Å². The van der Waals surface area contributed by atoms with Crippen LogP contribution in [0.3, 0.4) is 0 Å². The molecule has 0 spiro atoms. The molecule has 0 saturated heterocycles. The summed E-state index contributed by atoms with van der Waals surface area (Å²) in [6.45, 7) is 0. The number of carbonyl (C=O) groups is 2. The molecule has 2 rings (SSSR count). The molecule has 0 amide bonds. The number of benzene rings is 1. The second-order valence-corrected chi connectivity index (χ2v) is 4.84. The molecule has 0 unspecified atom stereocenters. The lowest BCUT2D eigenvalue weighted by Gasteiger charge is -2.11. The molecule has 1 saturated carbocycles. The highest BCUT2D eigenvalue weighted by molar-refractivity contribution is 6.02. The molecule has 0 aliphatic heterocycles. The molecule has 96 valence electrons. The molecule has 4 heteroatoms. The smallest absolute Gasteiger partial charge is 0.307 e. The van der Waals surface area contributed by atoms with Crippen LogP contribution in [0.15, 0.2) is 18.2 Å². The average Bonchev–Trinajstić information content (AvgIpc) is 2.83. The third-order valence-electron chi connectivity index (χ3n) is 3.46. The number of carboxylic acid groups (broad SMARTS) is 1. The topological polar surface area (TPSA) is 80.4 Å². The Hall–Kier alpha value is -1.84. The maximum atomic E-state index is 12.3. The van der Waals surface area contributed by atoms with Crippen LogP contribution in [0.5, 0.6) is 0 Å². The van der Waals surface area contributed by atoms with Gasteiger partial charge >= 0.3 is 5.97 Å². The summed E-state index contributed by atoms with van der Waals surface area (Å²) in [5.41, 5.74) is 7.38. The lowest BCUT2D eigenvalue weighted by Crippen LogP contribution is -2.14. The number of anilines is 1. The minimum absolute atomic E-state index is 0.0624. The standard InChI is InChI=1S/C14H17NO3/c15-12-6-5-9(8-13(16)17)7-11(12)14(18)10-3-1-2-4-10/h5-7,10H,1-4,8,15H2,(H,16,17). The SMILES string of the molecule is Nc1ccc(CC(=O)O)cc1C(=O)C1CCCC1. The Morgan fingerprint density at radius 2 is 1.94 bits per heavy atom. The Labute approximate surface area is 106 Å². The van der Waals surface area contributed by atoms with E-state index < -0.39 is 5.97 Å². The van der Waals surface area contributed by atoms with Crippen LogP contribution in [0.1, 0.15) is 41.6 Å². The lowest BCUT2D eigenvalue weighted by atomic mass is 9.93. The molecule has 1 aromatic rings. The minimum atomic E-state index is -0.904. The maximum absolute atomic E-state index is 12.3. The largest absolute Gasteiger partial charge is 0.481 e. The van der Waals surface area contributed by atoms with Crippen molar-refractivity contribution in [3.05, 3.63) is 29.3 Å². The Balaban J connectivity index is 2.24. The van der Waals surface area contributed by atoms with E-state index >= 15 is 0 Å². The van der Waals surface area contributed by atoms with Crippen molar-refractivity contribution in [2.45, 2.75) is 32.1 Å². The summed E-state index contributed by atoms with van der Waals surface area (Å²) < 4.78 is 0. The molecule has 1 aliphatic carbocycles. The first-order valence-electron chi connectivity index (χ1n) is 6.22. The number of hydrogen-bond donors (Lipinski definition) is 2. The Kier molecular flexibility index (Phi) is 3.65. The second-order valence-electron chi connectivity index (χ2n) is 4.84. The monoisotopic (exact) mass is 247 g/mol. The zero-order valence-corrected chi connectivity index (χ0v) is 10.2. The van der Waals surface area contributed by atoms with Crippen molar-refractivity contribution in [1.29, 1.82) is 0 Å². The van der Waals surface area contributed by atoms with Crippen LogP contribution in [0.2, 0.25) is 0 Å². The first kappa shape index (κ1) is 12.6. The molecule has 3 N–H and O–H groups in total. The number of Topliss-reactive ketones (excluding diaryl/α,β-unsaturated/α-hetero) is 1. The molecule has 0 atom stereocenters. The third kappa shape index (κ3) is 2.70.